The molecule has 0 heterocycles. The molecule has 114 valence electrons. The number of carbonyl (C=O) groups is 2. The second kappa shape index (κ2) is 10.1. The molecule has 1 aliphatic rings. The van der Waals surface area contributed by atoms with Gasteiger partial charge < -0.3 is 25.7 Å². The molecule has 0 aromatic heterocycles. The number of carboxylic acid groups (broad SMARTS) is 1. The van der Waals surface area contributed by atoms with E-state index in [0.717, 1.165) is 12.8 Å². The molecule has 0 unspecified atom stereocenters. The van der Waals surface area contributed by atoms with E-state index in [-0.39, 0.29) is 75.4 Å². The van der Waals surface area contributed by atoms with Gasteiger partial charge in [-0.1, -0.05) is 13.8 Å². The monoisotopic (exact) mass is 322 g/mol. The van der Waals surface area contributed by atoms with Crippen LogP contribution in [0.3, 0.4) is 0 Å². The van der Waals surface area contributed by atoms with Crippen molar-refractivity contribution in [3.05, 3.63) is 11.6 Å². The Bertz CT molecular complexity index is 396. The topological polar surface area (TPSA) is 104 Å². The molecular weight excluding hydrogens is 299 g/mol. The molecule has 0 radical (unpaired) electrons. The summed E-state index contributed by atoms with van der Waals surface area (Å²) in [5.74, 6) is -1.45. The average Bonchev–Trinajstić information content (AvgIpc) is 2.38. The number of rotatable bonds is 6. The average molecular weight is 322 g/mol. The fraction of sp³-hybridized carbons (Fsp3) is 0.714. The summed E-state index contributed by atoms with van der Waals surface area (Å²) in [4.78, 5) is 22.3. The van der Waals surface area contributed by atoms with Gasteiger partial charge in [0.15, 0.2) is 0 Å². The molecule has 0 aliphatic heterocycles. The molecule has 6 nitrogen and oxygen atoms in total. The van der Waals surface area contributed by atoms with Crippen LogP contribution in [0, 0.1) is 0 Å². The molecular formula is C14H23KN2O4. The Balaban J connectivity index is 0.00000400. The van der Waals surface area contributed by atoms with Crippen molar-refractivity contribution >= 4 is 11.9 Å². The third-order valence-corrected chi connectivity index (χ3v) is 3.53. The molecule has 0 spiro atoms. The van der Waals surface area contributed by atoms with E-state index in [0.29, 0.717) is 0 Å². The third kappa shape index (κ3) is 6.48. The van der Waals surface area contributed by atoms with E-state index in [1.54, 1.807) is 0 Å². The van der Waals surface area contributed by atoms with E-state index < -0.39 is 24.2 Å². The van der Waals surface area contributed by atoms with Crippen molar-refractivity contribution in [1.29, 1.82) is 0 Å². The molecule has 0 aromatic rings. The number of amides is 1. The molecule has 3 atom stereocenters. The first-order valence-corrected chi connectivity index (χ1v) is 6.99. The maximum Gasteiger partial charge on any atom is 1.00 e. The number of hydrogen-bond donors (Lipinski definition) is 2. The number of nitrogens with one attached hydrogen (secondary N) is 1. The largest absolute Gasteiger partial charge is 1.00 e. The Kier molecular flexibility index (Phi) is 10.2. The van der Waals surface area contributed by atoms with Crippen LogP contribution in [0.4, 0.5) is 0 Å². The number of carbonyl (C=O) groups excluding carboxylic acids is 2. The SMILES string of the molecule is CCC(CC)O[C@H]1C=C(C(=O)[O-])C[C@@H](N)[C@H]1NC(C)=O.[K+]. The predicted molar refractivity (Wildman–Crippen MR) is 72.5 cm³/mol. The van der Waals surface area contributed by atoms with Crippen molar-refractivity contribution in [2.75, 3.05) is 0 Å². The first-order chi connectivity index (χ1) is 9.38. The van der Waals surface area contributed by atoms with Crippen molar-refractivity contribution < 1.29 is 70.8 Å². The molecule has 1 rings (SSSR count). The number of nitrogens with two attached hydrogens (primary N) is 1. The Labute approximate surface area is 168 Å². The summed E-state index contributed by atoms with van der Waals surface area (Å²) in [5.41, 5.74) is 6.11. The minimum atomic E-state index is -1.24. The Morgan fingerprint density at radius 3 is 2.48 bits per heavy atom. The fourth-order valence-corrected chi connectivity index (χ4v) is 2.40. The molecule has 0 aromatic carbocycles. The van der Waals surface area contributed by atoms with Crippen molar-refractivity contribution in [3.8, 4) is 0 Å². The van der Waals surface area contributed by atoms with Crippen LogP contribution in [0.1, 0.15) is 40.0 Å². The minimum absolute atomic E-state index is 0. The first-order valence-electron chi connectivity index (χ1n) is 6.99. The molecule has 1 amide bonds. The summed E-state index contributed by atoms with van der Waals surface area (Å²) < 4.78 is 5.89. The maximum absolute atomic E-state index is 11.3. The fourth-order valence-electron chi connectivity index (χ4n) is 2.40. The summed E-state index contributed by atoms with van der Waals surface area (Å²) in [6.07, 6.45) is 2.75. The van der Waals surface area contributed by atoms with Gasteiger partial charge in [-0.2, -0.15) is 0 Å². The van der Waals surface area contributed by atoms with Gasteiger partial charge in [-0.15, -0.1) is 0 Å². The molecule has 0 bridgehead atoms. The van der Waals surface area contributed by atoms with Crippen molar-refractivity contribution in [1.82, 2.24) is 5.32 Å². The zero-order chi connectivity index (χ0) is 15.3. The summed E-state index contributed by atoms with van der Waals surface area (Å²) in [6, 6.07) is -0.924. The molecule has 0 fully saturated rings. The molecule has 3 N–H and O–H groups in total. The molecule has 7 heteroatoms. The summed E-state index contributed by atoms with van der Waals surface area (Å²) in [5, 5.41) is 13.8. The molecule has 21 heavy (non-hydrogen) atoms. The second-order valence-electron chi connectivity index (χ2n) is 5.11. The quantitative estimate of drug-likeness (QED) is 0.493. The van der Waals surface area contributed by atoms with Gasteiger partial charge in [0.25, 0.3) is 0 Å². The second-order valence-corrected chi connectivity index (χ2v) is 5.11. The molecule has 0 saturated carbocycles. The van der Waals surface area contributed by atoms with Gasteiger partial charge in [-0.3, -0.25) is 4.79 Å². The Hall–Kier alpha value is 0.236. The van der Waals surface area contributed by atoms with Gasteiger partial charge in [0.1, 0.15) is 0 Å². The summed E-state index contributed by atoms with van der Waals surface area (Å²) in [7, 11) is 0. The first kappa shape index (κ1) is 21.2. The Morgan fingerprint density at radius 1 is 1.48 bits per heavy atom. The van der Waals surface area contributed by atoms with Crippen LogP contribution < -0.4 is 67.5 Å². The van der Waals surface area contributed by atoms with Crippen LogP contribution in [0.5, 0.6) is 0 Å². The summed E-state index contributed by atoms with van der Waals surface area (Å²) in [6.45, 7) is 5.39. The van der Waals surface area contributed by atoms with Gasteiger partial charge in [0, 0.05) is 13.0 Å². The zero-order valence-corrected chi connectivity index (χ0v) is 16.3. The van der Waals surface area contributed by atoms with Gasteiger partial charge in [0.05, 0.1) is 24.2 Å². The van der Waals surface area contributed by atoms with Crippen molar-refractivity contribution in [2.24, 2.45) is 5.73 Å². The van der Waals surface area contributed by atoms with Crippen LogP contribution in [0.25, 0.3) is 0 Å². The predicted octanol–water partition coefficient (Wildman–Crippen LogP) is -3.52. The maximum atomic E-state index is 11.3. The number of ether oxygens (including phenoxy) is 1. The van der Waals surface area contributed by atoms with Crippen molar-refractivity contribution in [3.63, 3.8) is 0 Å². The van der Waals surface area contributed by atoms with Gasteiger partial charge in [0.2, 0.25) is 5.91 Å². The van der Waals surface area contributed by atoms with Crippen molar-refractivity contribution in [2.45, 2.75) is 64.3 Å². The van der Waals surface area contributed by atoms with E-state index in [9.17, 15) is 14.7 Å². The van der Waals surface area contributed by atoms with Gasteiger partial charge in [-0.05, 0) is 30.9 Å². The summed E-state index contributed by atoms with van der Waals surface area (Å²) >= 11 is 0. The van der Waals surface area contributed by atoms with E-state index in [4.69, 9.17) is 10.5 Å². The van der Waals surface area contributed by atoms with E-state index in [2.05, 4.69) is 5.32 Å². The Morgan fingerprint density at radius 2 is 2.05 bits per heavy atom. The van der Waals surface area contributed by atoms with E-state index in [1.165, 1.54) is 13.0 Å². The van der Waals surface area contributed by atoms with Gasteiger partial charge in [-0.25, -0.2) is 0 Å². The van der Waals surface area contributed by atoms with Crippen LogP contribution >= 0.6 is 0 Å². The normalized spacial score (nSPS) is 25.0. The number of carboxylic acids is 1. The standard InChI is InChI=1S/C14H24N2O4.K/c1-4-10(5-2)20-12-7-9(14(18)19)6-11(15)13(12)16-8(3)17;/h7,10-13H,4-6,15H2,1-3H3,(H,16,17)(H,18,19);/q;+1/p-1/t11-,12+,13-;/m1./s1. The van der Waals surface area contributed by atoms with Crippen LogP contribution in [0.2, 0.25) is 0 Å². The smallest absolute Gasteiger partial charge is 0.545 e. The van der Waals surface area contributed by atoms with Crippen LogP contribution in [-0.2, 0) is 14.3 Å². The molecule has 0 saturated heterocycles. The zero-order valence-electron chi connectivity index (χ0n) is 13.2. The molecule has 1 aliphatic carbocycles. The number of hydrogen-bond acceptors (Lipinski definition) is 5. The van der Waals surface area contributed by atoms with Crippen LogP contribution in [-0.4, -0.2) is 36.2 Å². The number of aliphatic carboxylic acids is 1. The third-order valence-electron chi connectivity index (χ3n) is 3.53. The van der Waals surface area contributed by atoms with Gasteiger partial charge >= 0.3 is 51.4 Å². The van der Waals surface area contributed by atoms with E-state index in [1.807, 2.05) is 13.8 Å². The van der Waals surface area contributed by atoms with Crippen LogP contribution in [0.15, 0.2) is 11.6 Å². The minimum Gasteiger partial charge on any atom is -0.545 e. The van der Waals surface area contributed by atoms with E-state index >= 15 is 0 Å².